The van der Waals surface area contributed by atoms with E-state index in [0.717, 1.165) is 11.1 Å². The monoisotopic (exact) mass is 272 g/mol. The summed E-state index contributed by atoms with van der Waals surface area (Å²) in [6.07, 6.45) is 3.49. The third kappa shape index (κ3) is 3.42. The molecule has 0 heterocycles. The maximum Gasteiger partial charge on any atom is 0.286 e. The van der Waals surface area contributed by atoms with Crippen LogP contribution in [0.1, 0.15) is 44.7 Å². The summed E-state index contributed by atoms with van der Waals surface area (Å²) in [7, 11) is 0. The molecule has 0 aliphatic carbocycles. The number of aryl methyl sites for hydroxylation is 1. The molecule has 0 saturated heterocycles. The molecule has 106 valence electrons. The normalized spacial score (nSPS) is 11.6. The Morgan fingerprint density at radius 1 is 0.900 bits per heavy atom. The van der Waals surface area contributed by atoms with E-state index in [4.69, 9.17) is 20.0 Å². The zero-order valence-electron chi connectivity index (χ0n) is 12.6. The number of rotatable bonds is 5. The summed E-state index contributed by atoms with van der Waals surface area (Å²) in [6.45, 7) is 9.30. The van der Waals surface area contributed by atoms with Gasteiger partial charge in [0, 0.05) is 0 Å². The number of ether oxygens (including phenoxy) is 2. The standard InChI is InChI=1S/C16H20N2O2/c1-12-6-8-13(9-7-12)14(15(2,3)19-10-17)16(4,5)20-11-18/h6-9,14H,1-5H3. The zero-order chi connectivity index (χ0) is 15.4. The molecule has 0 atom stereocenters. The number of benzene rings is 1. The van der Waals surface area contributed by atoms with E-state index in [0.29, 0.717) is 0 Å². The first-order valence-electron chi connectivity index (χ1n) is 6.45. The Kier molecular flexibility index (Phi) is 4.63. The van der Waals surface area contributed by atoms with E-state index < -0.39 is 11.2 Å². The minimum Gasteiger partial charge on any atom is -0.421 e. The van der Waals surface area contributed by atoms with Crippen LogP contribution in [0, 0.1) is 30.0 Å². The average molecular weight is 272 g/mol. The van der Waals surface area contributed by atoms with Gasteiger partial charge >= 0.3 is 0 Å². The molecule has 0 amide bonds. The van der Waals surface area contributed by atoms with Crippen molar-refractivity contribution in [2.75, 3.05) is 0 Å². The molecular weight excluding hydrogens is 252 g/mol. The van der Waals surface area contributed by atoms with E-state index in [9.17, 15) is 0 Å². The summed E-state index contributed by atoms with van der Waals surface area (Å²) in [5.41, 5.74) is 0.538. The van der Waals surface area contributed by atoms with Crippen molar-refractivity contribution < 1.29 is 9.47 Å². The van der Waals surface area contributed by atoms with Crippen molar-refractivity contribution in [2.24, 2.45) is 0 Å². The van der Waals surface area contributed by atoms with E-state index in [-0.39, 0.29) is 5.92 Å². The molecule has 20 heavy (non-hydrogen) atoms. The van der Waals surface area contributed by atoms with Crippen molar-refractivity contribution in [3.8, 4) is 12.5 Å². The van der Waals surface area contributed by atoms with Crippen molar-refractivity contribution in [1.82, 2.24) is 0 Å². The maximum absolute atomic E-state index is 8.86. The molecular formula is C16H20N2O2. The van der Waals surface area contributed by atoms with Crippen LogP contribution < -0.4 is 0 Å². The van der Waals surface area contributed by atoms with Crippen LogP contribution in [0.5, 0.6) is 0 Å². The number of hydrogen-bond donors (Lipinski definition) is 0. The van der Waals surface area contributed by atoms with Crippen molar-refractivity contribution in [3.63, 3.8) is 0 Å². The van der Waals surface area contributed by atoms with Gasteiger partial charge in [-0.15, -0.1) is 0 Å². The molecule has 0 aromatic heterocycles. The molecule has 1 aromatic rings. The fourth-order valence-corrected chi connectivity index (χ4v) is 2.75. The Hall–Kier alpha value is -2.20. The summed E-state index contributed by atoms with van der Waals surface area (Å²) < 4.78 is 10.4. The molecule has 4 heteroatoms. The Labute approximate surface area is 120 Å². The molecule has 0 N–H and O–H groups in total. The number of nitriles is 2. The van der Waals surface area contributed by atoms with Crippen LogP contribution >= 0.6 is 0 Å². The lowest BCUT2D eigenvalue weighted by molar-refractivity contribution is -0.0541. The van der Waals surface area contributed by atoms with Crippen LogP contribution in [0.15, 0.2) is 24.3 Å². The Morgan fingerprint density at radius 2 is 1.30 bits per heavy atom. The van der Waals surface area contributed by atoms with Gasteiger partial charge in [0.05, 0.1) is 5.92 Å². The van der Waals surface area contributed by atoms with Crippen LogP contribution in [0.3, 0.4) is 0 Å². The van der Waals surface area contributed by atoms with Gasteiger partial charge in [-0.1, -0.05) is 29.8 Å². The van der Waals surface area contributed by atoms with Gasteiger partial charge in [0.1, 0.15) is 11.2 Å². The molecule has 0 fully saturated rings. The minimum absolute atomic E-state index is 0.269. The second kappa shape index (κ2) is 5.84. The van der Waals surface area contributed by atoms with Crippen LogP contribution in [0.25, 0.3) is 0 Å². The van der Waals surface area contributed by atoms with Gasteiger partial charge < -0.3 is 9.47 Å². The lowest BCUT2D eigenvalue weighted by Crippen LogP contribution is -2.45. The Balaban J connectivity index is 3.32. The SMILES string of the molecule is Cc1ccc(C(C(C)(C)OC#N)C(C)(C)OC#N)cc1. The second-order valence-corrected chi connectivity index (χ2v) is 5.94. The molecule has 4 nitrogen and oxygen atoms in total. The van der Waals surface area contributed by atoms with E-state index in [2.05, 4.69) is 0 Å². The van der Waals surface area contributed by atoms with Crippen LogP contribution in [0.4, 0.5) is 0 Å². The molecule has 0 aliphatic heterocycles. The highest BCUT2D eigenvalue weighted by Crippen LogP contribution is 2.41. The molecule has 0 bridgehead atoms. The van der Waals surface area contributed by atoms with Crippen molar-refractivity contribution >= 4 is 0 Å². The maximum atomic E-state index is 8.86. The molecule has 1 rings (SSSR count). The van der Waals surface area contributed by atoms with Crippen LogP contribution in [-0.4, -0.2) is 11.2 Å². The molecule has 0 saturated carbocycles. The molecule has 0 unspecified atom stereocenters. The first-order chi connectivity index (χ1) is 9.24. The van der Waals surface area contributed by atoms with Crippen molar-refractivity contribution in [1.29, 1.82) is 10.5 Å². The number of nitrogens with zero attached hydrogens (tertiary/aromatic N) is 2. The van der Waals surface area contributed by atoms with E-state index in [1.165, 1.54) is 0 Å². The predicted molar refractivity (Wildman–Crippen MR) is 75.5 cm³/mol. The van der Waals surface area contributed by atoms with Crippen molar-refractivity contribution in [3.05, 3.63) is 35.4 Å². The van der Waals surface area contributed by atoms with Crippen LogP contribution in [-0.2, 0) is 9.47 Å². The highest BCUT2D eigenvalue weighted by molar-refractivity contribution is 5.29. The Morgan fingerprint density at radius 3 is 1.65 bits per heavy atom. The lowest BCUT2D eigenvalue weighted by Gasteiger charge is -2.40. The molecule has 0 spiro atoms. The fraction of sp³-hybridized carbons (Fsp3) is 0.500. The first-order valence-corrected chi connectivity index (χ1v) is 6.45. The lowest BCUT2D eigenvalue weighted by atomic mass is 9.74. The highest BCUT2D eigenvalue weighted by atomic mass is 16.5. The fourth-order valence-electron chi connectivity index (χ4n) is 2.75. The van der Waals surface area contributed by atoms with Crippen LogP contribution in [0.2, 0.25) is 0 Å². The van der Waals surface area contributed by atoms with Gasteiger partial charge in [0.2, 0.25) is 0 Å². The van der Waals surface area contributed by atoms with Gasteiger partial charge in [0.25, 0.3) is 12.5 Å². The van der Waals surface area contributed by atoms with E-state index in [1.54, 1.807) is 12.5 Å². The van der Waals surface area contributed by atoms with Gasteiger partial charge in [-0.05, 0) is 40.2 Å². The minimum atomic E-state index is -0.787. The van der Waals surface area contributed by atoms with E-state index in [1.807, 2.05) is 58.9 Å². The topological polar surface area (TPSA) is 66.0 Å². The Bertz CT molecular complexity index is 505. The summed E-state index contributed by atoms with van der Waals surface area (Å²) in [6, 6.07) is 7.94. The zero-order valence-corrected chi connectivity index (χ0v) is 12.6. The highest BCUT2D eigenvalue weighted by Gasteiger charge is 2.45. The second-order valence-electron chi connectivity index (χ2n) is 5.94. The van der Waals surface area contributed by atoms with Gasteiger partial charge in [-0.3, -0.25) is 0 Å². The molecule has 0 radical (unpaired) electrons. The third-order valence-electron chi connectivity index (χ3n) is 3.42. The van der Waals surface area contributed by atoms with E-state index >= 15 is 0 Å². The molecule has 1 aromatic carbocycles. The van der Waals surface area contributed by atoms with Gasteiger partial charge in [0.15, 0.2) is 0 Å². The summed E-state index contributed by atoms with van der Waals surface area (Å²) in [4.78, 5) is 0. The summed E-state index contributed by atoms with van der Waals surface area (Å²) in [5.74, 6) is -0.269. The third-order valence-corrected chi connectivity index (χ3v) is 3.42. The van der Waals surface area contributed by atoms with Gasteiger partial charge in [-0.25, -0.2) is 0 Å². The number of hydrogen-bond acceptors (Lipinski definition) is 4. The van der Waals surface area contributed by atoms with Crippen molar-refractivity contribution in [2.45, 2.75) is 51.7 Å². The smallest absolute Gasteiger partial charge is 0.286 e. The molecule has 0 aliphatic rings. The largest absolute Gasteiger partial charge is 0.421 e. The summed E-state index contributed by atoms with van der Waals surface area (Å²) >= 11 is 0. The quantitative estimate of drug-likeness (QED) is 0.768. The first kappa shape index (κ1) is 15.9. The van der Waals surface area contributed by atoms with Gasteiger partial charge in [-0.2, -0.15) is 10.5 Å². The predicted octanol–water partition coefficient (Wildman–Crippen LogP) is 3.63. The summed E-state index contributed by atoms with van der Waals surface area (Å²) in [5, 5.41) is 17.7. The average Bonchev–Trinajstić information content (AvgIpc) is 2.31.